The fraction of sp³-hybridized carbons (Fsp3) is 0.333. The zero-order valence-electron chi connectivity index (χ0n) is 9.33. The van der Waals surface area contributed by atoms with Crippen LogP contribution in [0.1, 0.15) is 25.0 Å². The van der Waals surface area contributed by atoms with E-state index in [0.29, 0.717) is 17.1 Å². The number of carboxylic acid groups (broad SMARTS) is 1. The average Bonchev–Trinajstić information content (AvgIpc) is 2.16. The predicted octanol–water partition coefficient (Wildman–Crippen LogP) is 2.80. The van der Waals surface area contributed by atoms with Crippen molar-refractivity contribution in [3.63, 3.8) is 0 Å². The van der Waals surface area contributed by atoms with Gasteiger partial charge in [-0.15, -0.1) is 0 Å². The minimum atomic E-state index is -0.859. The van der Waals surface area contributed by atoms with Crippen molar-refractivity contribution >= 4 is 23.3 Å². The largest absolute Gasteiger partial charge is 0.481 e. The third kappa shape index (κ3) is 3.35. The van der Waals surface area contributed by atoms with Gasteiger partial charge in [0.2, 0.25) is 0 Å². The molecule has 4 heteroatoms. The number of halogens is 1. The molecule has 0 heterocycles. The maximum absolute atomic E-state index is 10.5. The first-order chi connectivity index (χ1) is 7.54. The third-order valence-electron chi connectivity index (χ3n) is 2.17. The zero-order valence-corrected chi connectivity index (χ0v) is 10.1. The Labute approximate surface area is 99.8 Å². The molecule has 1 aromatic rings. The summed E-state index contributed by atoms with van der Waals surface area (Å²) in [4.78, 5) is 14.8. The number of aliphatic imine (C=N–C) groups is 1. The maximum atomic E-state index is 10.5. The van der Waals surface area contributed by atoms with E-state index < -0.39 is 5.97 Å². The second-order valence-corrected chi connectivity index (χ2v) is 3.85. The molecule has 0 amide bonds. The minimum Gasteiger partial charge on any atom is -0.481 e. The van der Waals surface area contributed by atoms with Gasteiger partial charge in [0.15, 0.2) is 0 Å². The summed E-state index contributed by atoms with van der Waals surface area (Å²) in [6, 6.07) is 5.26. The number of aliphatic carboxylic acids is 1. The van der Waals surface area contributed by atoms with E-state index in [1.165, 1.54) is 0 Å². The van der Waals surface area contributed by atoms with E-state index in [0.717, 1.165) is 11.3 Å². The first kappa shape index (κ1) is 12.7. The molecule has 0 atom stereocenters. The summed E-state index contributed by atoms with van der Waals surface area (Å²) in [7, 11) is 0. The number of hydrogen-bond donors (Lipinski definition) is 1. The normalized spacial score (nSPS) is 11.6. The number of rotatable bonds is 4. The molecule has 0 saturated carbocycles. The summed E-state index contributed by atoms with van der Waals surface area (Å²) in [5.41, 5.74) is 2.43. The lowest BCUT2D eigenvalue weighted by Gasteiger charge is -2.05. The van der Waals surface area contributed by atoms with Gasteiger partial charge in [-0.05, 0) is 25.5 Å². The highest BCUT2D eigenvalue weighted by molar-refractivity contribution is 6.34. The Bertz CT molecular complexity index is 427. The van der Waals surface area contributed by atoms with Crippen molar-refractivity contribution in [1.82, 2.24) is 0 Å². The van der Waals surface area contributed by atoms with Crippen molar-refractivity contribution in [3.05, 3.63) is 34.3 Å². The van der Waals surface area contributed by atoms with Crippen LogP contribution in [-0.4, -0.2) is 23.3 Å². The lowest BCUT2D eigenvalue weighted by atomic mass is 10.1. The van der Waals surface area contributed by atoms with E-state index in [4.69, 9.17) is 16.7 Å². The van der Waals surface area contributed by atoms with Crippen LogP contribution in [0.4, 0.5) is 0 Å². The van der Waals surface area contributed by atoms with Gasteiger partial charge in [0.25, 0.3) is 0 Å². The van der Waals surface area contributed by atoms with Gasteiger partial charge in [-0.25, -0.2) is 0 Å². The van der Waals surface area contributed by atoms with E-state index in [2.05, 4.69) is 4.99 Å². The molecule has 3 nitrogen and oxygen atoms in total. The SMILES string of the molecule is CCN=C(C)c1ccc(CC(=O)O)cc1Cl. The van der Waals surface area contributed by atoms with Gasteiger partial charge < -0.3 is 5.11 Å². The molecule has 0 radical (unpaired) electrons. The molecule has 0 saturated heterocycles. The summed E-state index contributed by atoms with van der Waals surface area (Å²) in [5, 5.41) is 9.20. The predicted molar refractivity (Wildman–Crippen MR) is 65.5 cm³/mol. The first-order valence-electron chi connectivity index (χ1n) is 5.06. The number of benzene rings is 1. The van der Waals surface area contributed by atoms with Gasteiger partial charge in [0.1, 0.15) is 0 Å². The van der Waals surface area contributed by atoms with E-state index >= 15 is 0 Å². The third-order valence-corrected chi connectivity index (χ3v) is 2.49. The highest BCUT2D eigenvalue weighted by atomic mass is 35.5. The second kappa shape index (κ2) is 5.66. The lowest BCUT2D eigenvalue weighted by molar-refractivity contribution is -0.136. The van der Waals surface area contributed by atoms with Gasteiger partial charge in [-0.2, -0.15) is 0 Å². The lowest BCUT2D eigenvalue weighted by Crippen LogP contribution is -2.02. The van der Waals surface area contributed by atoms with Crippen LogP contribution in [0.2, 0.25) is 5.02 Å². The Hall–Kier alpha value is -1.35. The molecule has 0 bridgehead atoms. The summed E-state index contributed by atoms with van der Waals surface area (Å²) in [6.45, 7) is 4.55. The molecule has 0 aliphatic heterocycles. The van der Waals surface area contributed by atoms with Crippen molar-refractivity contribution in [2.75, 3.05) is 6.54 Å². The Morgan fingerprint density at radius 2 is 2.19 bits per heavy atom. The maximum Gasteiger partial charge on any atom is 0.307 e. The highest BCUT2D eigenvalue weighted by Gasteiger charge is 2.06. The molecule has 0 aliphatic carbocycles. The van der Waals surface area contributed by atoms with E-state index in [9.17, 15) is 4.79 Å². The molecular weight excluding hydrogens is 226 g/mol. The van der Waals surface area contributed by atoms with E-state index in [-0.39, 0.29) is 6.42 Å². The average molecular weight is 240 g/mol. The van der Waals surface area contributed by atoms with Crippen molar-refractivity contribution in [1.29, 1.82) is 0 Å². The summed E-state index contributed by atoms with van der Waals surface area (Å²) < 4.78 is 0. The summed E-state index contributed by atoms with van der Waals surface area (Å²) >= 11 is 6.07. The van der Waals surface area contributed by atoms with Gasteiger partial charge in [-0.1, -0.05) is 23.7 Å². The fourth-order valence-electron chi connectivity index (χ4n) is 1.46. The van der Waals surface area contributed by atoms with Crippen LogP contribution in [0.15, 0.2) is 23.2 Å². The van der Waals surface area contributed by atoms with Gasteiger partial charge >= 0.3 is 5.97 Å². The Balaban J connectivity index is 3.00. The van der Waals surface area contributed by atoms with Crippen molar-refractivity contribution in [3.8, 4) is 0 Å². The van der Waals surface area contributed by atoms with Crippen molar-refractivity contribution < 1.29 is 9.90 Å². The van der Waals surface area contributed by atoms with Gasteiger partial charge in [-0.3, -0.25) is 9.79 Å². The number of nitrogens with zero attached hydrogens (tertiary/aromatic N) is 1. The number of hydrogen-bond acceptors (Lipinski definition) is 2. The van der Waals surface area contributed by atoms with Crippen LogP contribution < -0.4 is 0 Å². The molecule has 16 heavy (non-hydrogen) atoms. The topological polar surface area (TPSA) is 49.7 Å². The molecule has 0 fully saturated rings. The number of carbonyl (C=O) groups is 1. The van der Waals surface area contributed by atoms with Crippen LogP contribution in [0, 0.1) is 0 Å². The van der Waals surface area contributed by atoms with E-state index in [1.54, 1.807) is 12.1 Å². The summed E-state index contributed by atoms with van der Waals surface area (Å²) in [5.74, 6) is -0.859. The minimum absolute atomic E-state index is 0.00995. The van der Waals surface area contributed by atoms with Crippen LogP contribution in [0.25, 0.3) is 0 Å². The van der Waals surface area contributed by atoms with Crippen molar-refractivity contribution in [2.45, 2.75) is 20.3 Å². The molecule has 0 aromatic heterocycles. The Morgan fingerprint density at radius 3 is 2.69 bits per heavy atom. The van der Waals surface area contributed by atoms with Crippen LogP contribution in [-0.2, 0) is 11.2 Å². The molecule has 1 rings (SSSR count). The smallest absolute Gasteiger partial charge is 0.307 e. The van der Waals surface area contributed by atoms with Gasteiger partial charge in [0.05, 0.1) is 6.42 Å². The molecule has 1 aromatic carbocycles. The van der Waals surface area contributed by atoms with E-state index in [1.807, 2.05) is 19.9 Å². The second-order valence-electron chi connectivity index (χ2n) is 3.44. The fourth-order valence-corrected chi connectivity index (χ4v) is 1.80. The highest BCUT2D eigenvalue weighted by Crippen LogP contribution is 2.19. The van der Waals surface area contributed by atoms with Crippen LogP contribution in [0.3, 0.4) is 0 Å². The molecule has 0 aliphatic rings. The quantitative estimate of drug-likeness (QED) is 0.822. The zero-order chi connectivity index (χ0) is 12.1. The first-order valence-corrected chi connectivity index (χ1v) is 5.44. The molecular formula is C12H14ClNO2. The molecule has 0 unspecified atom stereocenters. The molecule has 1 N–H and O–H groups in total. The van der Waals surface area contributed by atoms with Crippen molar-refractivity contribution in [2.24, 2.45) is 4.99 Å². The summed E-state index contributed by atoms with van der Waals surface area (Å²) in [6.07, 6.45) is -0.00995. The molecule has 86 valence electrons. The monoisotopic (exact) mass is 239 g/mol. The van der Waals surface area contributed by atoms with Crippen LogP contribution in [0.5, 0.6) is 0 Å². The Morgan fingerprint density at radius 1 is 1.50 bits per heavy atom. The standard InChI is InChI=1S/C12H14ClNO2/c1-3-14-8(2)10-5-4-9(6-11(10)13)7-12(15)16/h4-6H,3,7H2,1-2H3,(H,15,16). The van der Waals surface area contributed by atoms with Crippen LogP contribution >= 0.6 is 11.6 Å². The van der Waals surface area contributed by atoms with Gasteiger partial charge in [0, 0.05) is 22.8 Å². The number of carboxylic acids is 1. The Kier molecular flexibility index (Phi) is 4.50. The molecule has 0 spiro atoms.